The molecule has 2 amide bonds. The molecule has 0 aromatic heterocycles. The number of rotatable bonds is 6. The summed E-state index contributed by atoms with van der Waals surface area (Å²) < 4.78 is 0. The van der Waals surface area contributed by atoms with Gasteiger partial charge in [0, 0.05) is 25.3 Å². The van der Waals surface area contributed by atoms with Crippen LogP contribution >= 0.6 is 0 Å². The van der Waals surface area contributed by atoms with E-state index in [1.807, 2.05) is 36.1 Å². The van der Waals surface area contributed by atoms with Crippen LogP contribution in [0.3, 0.4) is 0 Å². The summed E-state index contributed by atoms with van der Waals surface area (Å²) in [7, 11) is 0. The molecule has 0 radical (unpaired) electrons. The smallest absolute Gasteiger partial charge is 0.321 e. The maximum Gasteiger partial charge on any atom is 0.321 e. The Balaban J connectivity index is 2.65. The van der Waals surface area contributed by atoms with Crippen molar-refractivity contribution in [1.82, 2.24) is 4.90 Å². The van der Waals surface area contributed by atoms with Gasteiger partial charge in [-0.15, -0.1) is 0 Å². The minimum atomic E-state index is -0.0445. The second-order valence-corrected chi connectivity index (χ2v) is 4.89. The Morgan fingerprint density at radius 2 is 2.16 bits per heavy atom. The summed E-state index contributed by atoms with van der Waals surface area (Å²) >= 11 is 0. The molecule has 0 bridgehead atoms. The van der Waals surface area contributed by atoms with E-state index in [-0.39, 0.29) is 6.03 Å². The zero-order valence-electron chi connectivity index (χ0n) is 12.1. The van der Waals surface area contributed by atoms with Crippen molar-refractivity contribution >= 4 is 11.7 Å². The fraction of sp³-hybridized carbons (Fsp3) is 0.533. The van der Waals surface area contributed by atoms with Crippen LogP contribution in [0, 0.1) is 5.92 Å². The first-order valence-corrected chi connectivity index (χ1v) is 6.95. The van der Waals surface area contributed by atoms with Crippen molar-refractivity contribution in [2.75, 3.05) is 18.4 Å². The summed E-state index contributed by atoms with van der Waals surface area (Å²) in [6.45, 7) is 8.28. The molecule has 4 heteroatoms. The average Bonchev–Trinajstić information content (AvgIpc) is 2.44. The van der Waals surface area contributed by atoms with Crippen molar-refractivity contribution in [2.24, 2.45) is 11.7 Å². The highest BCUT2D eigenvalue weighted by atomic mass is 16.2. The molecule has 4 nitrogen and oxygen atoms in total. The van der Waals surface area contributed by atoms with Crippen LogP contribution in [0.4, 0.5) is 10.5 Å². The van der Waals surface area contributed by atoms with E-state index >= 15 is 0 Å². The fourth-order valence-electron chi connectivity index (χ4n) is 1.84. The lowest BCUT2D eigenvalue weighted by atomic mass is 10.1. The molecule has 3 N–H and O–H groups in total. The lowest BCUT2D eigenvalue weighted by Gasteiger charge is -2.24. The molecule has 0 aliphatic rings. The zero-order valence-corrected chi connectivity index (χ0v) is 12.1. The average molecular weight is 263 g/mol. The molecule has 0 fully saturated rings. The summed E-state index contributed by atoms with van der Waals surface area (Å²) in [5.41, 5.74) is 7.41. The van der Waals surface area contributed by atoms with E-state index in [4.69, 9.17) is 5.73 Å². The number of hydrogen-bond donors (Lipinski definition) is 2. The van der Waals surface area contributed by atoms with Gasteiger partial charge in [-0.3, -0.25) is 0 Å². The van der Waals surface area contributed by atoms with Gasteiger partial charge in [0.05, 0.1) is 0 Å². The van der Waals surface area contributed by atoms with Gasteiger partial charge in [-0.05, 0) is 30.5 Å². The third-order valence-corrected chi connectivity index (χ3v) is 3.31. The minimum absolute atomic E-state index is 0.0445. The Morgan fingerprint density at radius 3 is 2.74 bits per heavy atom. The van der Waals surface area contributed by atoms with Crippen molar-refractivity contribution in [3.8, 4) is 0 Å². The van der Waals surface area contributed by atoms with E-state index in [1.54, 1.807) is 0 Å². The Bertz CT molecular complexity index is 406. The number of benzene rings is 1. The standard InChI is InChI=1S/C15H25N3O/c1-4-12(3)11-18(5-2)15(19)17-14-8-6-7-13(9-14)10-16/h6-9,12H,4-5,10-11,16H2,1-3H3,(H,17,19). The normalized spacial score (nSPS) is 12.0. The van der Waals surface area contributed by atoms with E-state index in [9.17, 15) is 4.79 Å². The van der Waals surface area contributed by atoms with Crippen LogP contribution in [-0.2, 0) is 6.54 Å². The molecule has 0 heterocycles. The number of carbonyl (C=O) groups is 1. The Kier molecular flexibility index (Phi) is 6.36. The number of nitrogens with two attached hydrogens (primary N) is 1. The van der Waals surface area contributed by atoms with Crippen molar-refractivity contribution < 1.29 is 4.79 Å². The molecule has 1 aromatic carbocycles. The molecule has 1 aromatic rings. The second-order valence-electron chi connectivity index (χ2n) is 4.89. The Morgan fingerprint density at radius 1 is 1.42 bits per heavy atom. The fourth-order valence-corrected chi connectivity index (χ4v) is 1.84. The first kappa shape index (κ1) is 15.5. The summed E-state index contributed by atoms with van der Waals surface area (Å²) in [6.07, 6.45) is 1.08. The maximum atomic E-state index is 12.2. The van der Waals surface area contributed by atoms with Crippen LogP contribution in [0.1, 0.15) is 32.8 Å². The molecule has 0 saturated heterocycles. The molecule has 0 aliphatic carbocycles. The number of nitrogens with zero attached hydrogens (tertiary/aromatic N) is 1. The molecular formula is C15H25N3O. The van der Waals surface area contributed by atoms with Gasteiger partial charge in [0.1, 0.15) is 0 Å². The predicted octanol–water partition coefficient (Wildman–Crippen LogP) is 3.05. The molecule has 0 saturated carbocycles. The number of carbonyl (C=O) groups excluding carboxylic acids is 1. The van der Waals surface area contributed by atoms with Gasteiger partial charge in [0.15, 0.2) is 0 Å². The summed E-state index contributed by atoms with van der Waals surface area (Å²) in [5.74, 6) is 0.515. The Labute approximate surface area is 116 Å². The van der Waals surface area contributed by atoms with Gasteiger partial charge in [-0.2, -0.15) is 0 Å². The van der Waals surface area contributed by atoms with Crippen molar-refractivity contribution in [3.63, 3.8) is 0 Å². The molecular weight excluding hydrogens is 238 g/mol. The van der Waals surface area contributed by atoms with Gasteiger partial charge >= 0.3 is 6.03 Å². The van der Waals surface area contributed by atoms with E-state index in [0.717, 1.165) is 24.2 Å². The second kappa shape index (κ2) is 7.79. The number of nitrogens with one attached hydrogen (secondary N) is 1. The van der Waals surface area contributed by atoms with Crippen LogP contribution in [0.5, 0.6) is 0 Å². The lowest BCUT2D eigenvalue weighted by molar-refractivity contribution is 0.205. The molecule has 19 heavy (non-hydrogen) atoms. The van der Waals surface area contributed by atoms with Crippen LogP contribution in [0.2, 0.25) is 0 Å². The molecule has 1 rings (SSSR count). The summed E-state index contributed by atoms with van der Waals surface area (Å²) in [4.78, 5) is 14.0. The molecule has 0 aliphatic heterocycles. The van der Waals surface area contributed by atoms with Crippen LogP contribution < -0.4 is 11.1 Å². The highest BCUT2D eigenvalue weighted by Crippen LogP contribution is 2.12. The van der Waals surface area contributed by atoms with Crippen LogP contribution in [0.15, 0.2) is 24.3 Å². The largest absolute Gasteiger partial charge is 0.326 e. The highest BCUT2D eigenvalue weighted by Gasteiger charge is 2.14. The predicted molar refractivity (Wildman–Crippen MR) is 80.1 cm³/mol. The van der Waals surface area contributed by atoms with Crippen molar-refractivity contribution in [3.05, 3.63) is 29.8 Å². The van der Waals surface area contributed by atoms with E-state index in [2.05, 4.69) is 19.2 Å². The van der Waals surface area contributed by atoms with Gasteiger partial charge < -0.3 is 16.0 Å². The quantitative estimate of drug-likeness (QED) is 0.828. The van der Waals surface area contributed by atoms with E-state index < -0.39 is 0 Å². The SMILES string of the molecule is CCC(C)CN(CC)C(=O)Nc1cccc(CN)c1. The maximum absolute atomic E-state index is 12.2. The minimum Gasteiger partial charge on any atom is -0.326 e. The number of anilines is 1. The van der Waals surface area contributed by atoms with E-state index in [0.29, 0.717) is 19.0 Å². The molecule has 1 atom stereocenters. The summed E-state index contributed by atoms with van der Waals surface area (Å²) in [6, 6.07) is 7.61. The first-order chi connectivity index (χ1) is 9.10. The molecule has 106 valence electrons. The van der Waals surface area contributed by atoms with Gasteiger partial charge in [0.25, 0.3) is 0 Å². The Hall–Kier alpha value is -1.55. The van der Waals surface area contributed by atoms with Crippen LogP contribution in [0.25, 0.3) is 0 Å². The van der Waals surface area contributed by atoms with Crippen molar-refractivity contribution in [1.29, 1.82) is 0 Å². The molecule has 1 unspecified atom stereocenters. The van der Waals surface area contributed by atoms with Gasteiger partial charge in [-0.1, -0.05) is 32.4 Å². The van der Waals surface area contributed by atoms with Crippen LogP contribution in [-0.4, -0.2) is 24.0 Å². The van der Waals surface area contributed by atoms with Crippen molar-refractivity contribution in [2.45, 2.75) is 33.7 Å². The lowest BCUT2D eigenvalue weighted by Crippen LogP contribution is -2.37. The zero-order chi connectivity index (χ0) is 14.3. The van der Waals surface area contributed by atoms with Gasteiger partial charge in [0.2, 0.25) is 0 Å². The topological polar surface area (TPSA) is 58.4 Å². The highest BCUT2D eigenvalue weighted by molar-refractivity contribution is 5.89. The third-order valence-electron chi connectivity index (χ3n) is 3.31. The van der Waals surface area contributed by atoms with Gasteiger partial charge in [-0.25, -0.2) is 4.79 Å². The number of amides is 2. The number of hydrogen-bond acceptors (Lipinski definition) is 2. The first-order valence-electron chi connectivity index (χ1n) is 6.95. The third kappa shape index (κ3) is 4.91. The number of urea groups is 1. The van der Waals surface area contributed by atoms with E-state index in [1.165, 1.54) is 0 Å². The molecule has 0 spiro atoms. The monoisotopic (exact) mass is 263 g/mol. The summed E-state index contributed by atoms with van der Waals surface area (Å²) in [5, 5.41) is 2.93.